The maximum Gasteiger partial charge on any atom is 0.368 e. The number of rotatable bonds is 4. The Morgan fingerprint density at radius 1 is 1.24 bits per heavy atom. The summed E-state index contributed by atoms with van der Waals surface area (Å²) in [6, 6.07) is 7.29. The van der Waals surface area contributed by atoms with Crippen molar-refractivity contribution in [2.75, 3.05) is 0 Å². The Morgan fingerprint density at radius 2 is 1.76 bits per heavy atom. The third-order valence-electron chi connectivity index (χ3n) is 1.94. The van der Waals surface area contributed by atoms with Crippen molar-refractivity contribution in [3.63, 3.8) is 0 Å². The van der Waals surface area contributed by atoms with Gasteiger partial charge in [-0.15, -0.1) is 0 Å². The normalized spacial score (nSPS) is 12.9. The molecule has 0 spiro atoms. The van der Waals surface area contributed by atoms with Crippen molar-refractivity contribution < 1.29 is 27.5 Å². The van der Waals surface area contributed by atoms with Crippen LogP contribution in [0.4, 0.5) is 17.6 Å². The molecule has 0 aromatic heterocycles. The van der Waals surface area contributed by atoms with Crippen molar-refractivity contribution in [3.05, 3.63) is 42.0 Å². The number of allylic oxidation sites excluding steroid dienone is 1. The van der Waals surface area contributed by atoms with Gasteiger partial charge in [-0.1, -0.05) is 30.3 Å². The van der Waals surface area contributed by atoms with Crippen LogP contribution >= 0.6 is 0 Å². The van der Waals surface area contributed by atoms with Crippen molar-refractivity contribution in [2.45, 2.75) is 12.3 Å². The van der Waals surface area contributed by atoms with Gasteiger partial charge in [0.15, 0.2) is 0 Å². The highest BCUT2D eigenvalue weighted by Crippen LogP contribution is 2.25. The highest BCUT2D eigenvalue weighted by Gasteiger charge is 2.47. The van der Waals surface area contributed by atoms with Crippen molar-refractivity contribution >= 4 is 11.5 Å². The lowest BCUT2D eigenvalue weighted by Crippen LogP contribution is -2.35. The summed E-state index contributed by atoms with van der Waals surface area (Å²) in [5, 5.41) is 9.30. The number of aliphatic hydroxyl groups is 1. The van der Waals surface area contributed by atoms with E-state index in [4.69, 9.17) is 0 Å². The van der Waals surface area contributed by atoms with Crippen molar-refractivity contribution in [3.8, 4) is 0 Å². The first kappa shape index (κ1) is 13.2. The van der Waals surface area contributed by atoms with Gasteiger partial charge in [0.1, 0.15) is 5.76 Å². The maximum absolute atomic E-state index is 12.6. The molecule has 1 rings (SSSR count). The minimum atomic E-state index is -4.79. The molecule has 0 aliphatic carbocycles. The third kappa shape index (κ3) is 3.05. The second kappa shape index (κ2) is 4.99. The van der Waals surface area contributed by atoms with E-state index in [2.05, 4.69) is 0 Å². The lowest BCUT2D eigenvalue weighted by molar-refractivity contribution is -0.161. The van der Waals surface area contributed by atoms with Gasteiger partial charge in [0.05, 0.1) is 0 Å². The molecule has 0 saturated carbocycles. The molecule has 0 amide bonds. The Bertz CT molecular complexity index is 426. The first-order chi connectivity index (χ1) is 7.85. The molecule has 0 bridgehead atoms. The van der Waals surface area contributed by atoms with Crippen molar-refractivity contribution in [1.82, 2.24) is 0 Å². The lowest BCUT2D eigenvalue weighted by atomic mass is 10.1. The van der Waals surface area contributed by atoms with Crippen LogP contribution in [0.15, 0.2) is 36.4 Å². The molecule has 0 radical (unpaired) electrons. The minimum absolute atomic E-state index is 0.0888. The largest absolute Gasteiger partial charge is 0.507 e. The zero-order chi connectivity index (χ0) is 13.1. The molecule has 1 aromatic rings. The summed E-state index contributed by atoms with van der Waals surface area (Å²) in [5.41, 5.74) is 0.0888. The van der Waals surface area contributed by atoms with Gasteiger partial charge in [-0.25, -0.2) is 8.78 Å². The molecule has 0 atom stereocenters. The summed E-state index contributed by atoms with van der Waals surface area (Å²) in [5.74, 6) is -7.70. The van der Waals surface area contributed by atoms with Crippen LogP contribution in [-0.2, 0) is 4.79 Å². The van der Waals surface area contributed by atoms with Gasteiger partial charge in [0.2, 0.25) is 5.78 Å². The lowest BCUT2D eigenvalue weighted by Gasteiger charge is -2.11. The molecule has 0 aliphatic heterocycles. The van der Waals surface area contributed by atoms with Crippen LogP contribution in [0.5, 0.6) is 0 Å². The number of alkyl halides is 4. The van der Waals surface area contributed by atoms with E-state index in [-0.39, 0.29) is 11.6 Å². The molecule has 0 aliphatic rings. The van der Waals surface area contributed by atoms with Crippen LogP contribution < -0.4 is 0 Å². The molecule has 92 valence electrons. The topological polar surface area (TPSA) is 37.3 Å². The number of benzene rings is 1. The van der Waals surface area contributed by atoms with Gasteiger partial charge in [-0.05, 0) is 0 Å². The summed E-state index contributed by atoms with van der Waals surface area (Å²) in [7, 11) is 0. The molecular formula is C11H8F4O2. The second-order valence-electron chi connectivity index (χ2n) is 3.18. The molecule has 1 aromatic carbocycles. The Labute approximate surface area is 94.2 Å². The van der Waals surface area contributed by atoms with E-state index < -0.39 is 23.9 Å². The van der Waals surface area contributed by atoms with Crippen LogP contribution in [0.2, 0.25) is 0 Å². The van der Waals surface area contributed by atoms with Crippen LogP contribution in [0.1, 0.15) is 5.56 Å². The Morgan fingerprint density at radius 3 is 2.24 bits per heavy atom. The zero-order valence-corrected chi connectivity index (χ0v) is 8.41. The molecule has 6 heteroatoms. The molecule has 0 heterocycles. The second-order valence-corrected chi connectivity index (χ2v) is 3.18. The first-order valence-electron chi connectivity index (χ1n) is 4.52. The van der Waals surface area contributed by atoms with Gasteiger partial charge >= 0.3 is 12.3 Å². The average Bonchev–Trinajstić information content (AvgIpc) is 2.29. The Balaban J connectivity index is 2.94. The van der Waals surface area contributed by atoms with Crippen LogP contribution in [-0.4, -0.2) is 23.2 Å². The summed E-state index contributed by atoms with van der Waals surface area (Å²) >= 11 is 0. The number of ketones is 1. The fraction of sp³-hybridized carbons (Fsp3) is 0.182. The van der Waals surface area contributed by atoms with E-state index in [0.29, 0.717) is 0 Å². The quantitative estimate of drug-likeness (QED) is 0.505. The fourth-order valence-electron chi connectivity index (χ4n) is 1.02. The van der Waals surface area contributed by atoms with Crippen LogP contribution in [0.3, 0.4) is 0 Å². The van der Waals surface area contributed by atoms with Crippen molar-refractivity contribution in [2.24, 2.45) is 0 Å². The van der Waals surface area contributed by atoms with Gasteiger partial charge in [0.25, 0.3) is 0 Å². The molecule has 1 N–H and O–H groups in total. The van der Waals surface area contributed by atoms with E-state index in [9.17, 15) is 27.5 Å². The van der Waals surface area contributed by atoms with Crippen LogP contribution in [0.25, 0.3) is 5.76 Å². The summed E-state index contributed by atoms with van der Waals surface area (Å²) in [6.45, 7) is 0. The SMILES string of the molecule is O=C(C=C(O)c1ccccc1)C(F)(F)C(F)F. The van der Waals surface area contributed by atoms with E-state index in [1.807, 2.05) is 0 Å². The van der Waals surface area contributed by atoms with E-state index >= 15 is 0 Å². The minimum Gasteiger partial charge on any atom is -0.507 e. The number of carbonyl (C=O) groups excluding carboxylic acids is 1. The van der Waals surface area contributed by atoms with Gasteiger partial charge in [-0.3, -0.25) is 4.79 Å². The standard InChI is InChI=1S/C11H8F4O2/c12-10(13)11(14,15)9(17)6-8(16)7-4-2-1-3-5-7/h1-6,10,16H. The fourth-order valence-corrected chi connectivity index (χ4v) is 1.02. The van der Waals surface area contributed by atoms with Gasteiger partial charge in [0, 0.05) is 11.6 Å². The predicted octanol–water partition coefficient (Wildman–Crippen LogP) is 3.06. The maximum atomic E-state index is 12.6. The average molecular weight is 248 g/mol. The molecule has 0 fully saturated rings. The number of carbonyl (C=O) groups is 1. The smallest absolute Gasteiger partial charge is 0.368 e. The number of halogens is 4. The van der Waals surface area contributed by atoms with Gasteiger partial charge in [-0.2, -0.15) is 8.78 Å². The summed E-state index contributed by atoms with van der Waals surface area (Å²) < 4.78 is 48.8. The van der Waals surface area contributed by atoms with E-state index in [1.165, 1.54) is 24.3 Å². The van der Waals surface area contributed by atoms with Crippen molar-refractivity contribution in [1.29, 1.82) is 0 Å². The van der Waals surface area contributed by atoms with E-state index in [0.717, 1.165) is 0 Å². The first-order valence-corrected chi connectivity index (χ1v) is 4.52. The van der Waals surface area contributed by atoms with Gasteiger partial charge < -0.3 is 5.11 Å². The molecular weight excluding hydrogens is 240 g/mol. The predicted molar refractivity (Wildman–Crippen MR) is 53.0 cm³/mol. The molecule has 2 nitrogen and oxygen atoms in total. The highest BCUT2D eigenvalue weighted by atomic mass is 19.3. The monoisotopic (exact) mass is 248 g/mol. The number of hydrogen-bond acceptors (Lipinski definition) is 2. The van der Waals surface area contributed by atoms with E-state index in [1.54, 1.807) is 6.07 Å². The third-order valence-corrected chi connectivity index (χ3v) is 1.94. The summed E-state index contributed by atoms with van der Waals surface area (Å²) in [4.78, 5) is 10.8. The Hall–Kier alpha value is -1.85. The zero-order valence-electron chi connectivity index (χ0n) is 8.41. The molecule has 0 saturated heterocycles. The molecule has 17 heavy (non-hydrogen) atoms. The highest BCUT2D eigenvalue weighted by molar-refractivity contribution is 6.00. The van der Waals surface area contributed by atoms with Crippen LogP contribution in [0, 0.1) is 0 Å². The summed E-state index contributed by atoms with van der Waals surface area (Å²) in [6.07, 6.45) is -4.00. The Kier molecular flexibility index (Phi) is 3.88. The molecule has 0 unspecified atom stereocenters. The number of aliphatic hydroxyl groups excluding tert-OH is 1. The number of hydrogen-bond donors (Lipinski definition) is 1.